The lowest BCUT2D eigenvalue weighted by atomic mass is 10.0. The number of fused-ring (bicyclic) bond motifs is 1. The van der Waals surface area contributed by atoms with Crippen molar-refractivity contribution in [3.05, 3.63) is 66.0 Å². The van der Waals surface area contributed by atoms with Crippen LogP contribution in [0, 0.1) is 5.82 Å². The third kappa shape index (κ3) is 3.60. The van der Waals surface area contributed by atoms with Gasteiger partial charge in [-0.15, -0.1) is 0 Å². The number of halogens is 5. The highest BCUT2D eigenvalue weighted by Crippen LogP contribution is 2.34. The zero-order valence-electron chi connectivity index (χ0n) is 13.4. The second-order valence-electron chi connectivity index (χ2n) is 5.66. The van der Waals surface area contributed by atoms with E-state index >= 15 is 0 Å². The van der Waals surface area contributed by atoms with E-state index < -0.39 is 23.4 Å². The number of nitrogens with two attached hydrogens (primary N) is 1. The fraction of sp³-hybridized carbons (Fsp3) is 0.167. The number of hydrogen-bond donors (Lipinski definition) is 1. The fourth-order valence-corrected chi connectivity index (χ4v) is 2.69. The fourth-order valence-electron chi connectivity index (χ4n) is 2.69. The maximum absolute atomic E-state index is 14.1. The molecule has 0 fully saturated rings. The molecular formula is C18H14F5N3. The molecule has 0 aliphatic carbocycles. The highest BCUT2D eigenvalue weighted by atomic mass is 19.4. The lowest BCUT2D eigenvalue weighted by Crippen LogP contribution is -2.04. The van der Waals surface area contributed by atoms with Crippen molar-refractivity contribution < 1.29 is 22.0 Å². The SMILES string of the molecule is NC/C=C(\F)Cn1cnc2c(-c3cccc(C(F)(F)F)c3)cc(F)cc21. The third-order valence-electron chi connectivity index (χ3n) is 3.85. The van der Waals surface area contributed by atoms with E-state index in [1.807, 2.05) is 0 Å². The predicted molar refractivity (Wildman–Crippen MR) is 88.4 cm³/mol. The number of benzene rings is 2. The minimum atomic E-state index is -4.52. The third-order valence-corrected chi connectivity index (χ3v) is 3.85. The molecule has 0 saturated heterocycles. The number of aromatic nitrogens is 2. The summed E-state index contributed by atoms with van der Waals surface area (Å²) in [6.45, 7) is -0.179. The van der Waals surface area contributed by atoms with Gasteiger partial charge in [0.25, 0.3) is 0 Å². The van der Waals surface area contributed by atoms with E-state index in [0.29, 0.717) is 0 Å². The van der Waals surface area contributed by atoms with Crippen LogP contribution in [0.5, 0.6) is 0 Å². The Morgan fingerprint density at radius 1 is 1.19 bits per heavy atom. The van der Waals surface area contributed by atoms with Crippen molar-refractivity contribution in [2.45, 2.75) is 12.7 Å². The van der Waals surface area contributed by atoms with Crippen LogP contribution in [0.2, 0.25) is 0 Å². The first-order valence-electron chi connectivity index (χ1n) is 7.66. The van der Waals surface area contributed by atoms with Gasteiger partial charge in [-0.05, 0) is 35.9 Å². The van der Waals surface area contributed by atoms with Crippen molar-refractivity contribution in [1.29, 1.82) is 0 Å². The first-order chi connectivity index (χ1) is 12.3. The van der Waals surface area contributed by atoms with Crippen LogP contribution in [0.1, 0.15) is 5.56 Å². The second-order valence-corrected chi connectivity index (χ2v) is 5.66. The first kappa shape index (κ1) is 18.1. The molecule has 1 aromatic heterocycles. The topological polar surface area (TPSA) is 43.8 Å². The van der Waals surface area contributed by atoms with Crippen LogP contribution < -0.4 is 5.73 Å². The molecule has 26 heavy (non-hydrogen) atoms. The van der Waals surface area contributed by atoms with E-state index in [-0.39, 0.29) is 35.2 Å². The molecule has 1 heterocycles. The molecule has 3 nitrogen and oxygen atoms in total. The molecule has 0 unspecified atom stereocenters. The van der Waals surface area contributed by atoms with Crippen LogP contribution in [0.25, 0.3) is 22.2 Å². The molecule has 2 N–H and O–H groups in total. The molecule has 0 bridgehead atoms. The molecule has 0 amide bonds. The van der Waals surface area contributed by atoms with Crippen LogP contribution in [-0.4, -0.2) is 16.1 Å². The van der Waals surface area contributed by atoms with Gasteiger partial charge >= 0.3 is 6.18 Å². The Labute approximate surface area is 145 Å². The Balaban J connectivity index is 2.13. The van der Waals surface area contributed by atoms with E-state index in [0.717, 1.165) is 24.3 Å². The van der Waals surface area contributed by atoms with Gasteiger partial charge in [0.05, 0.1) is 29.5 Å². The molecule has 0 radical (unpaired) electrons. The van der Waals surface area contributed by atoms with Crippen LogP contribution in [-0.2, 0) is 12.7 Å². The van der Waals surface area contributed by atoms with Gasteiger partial charge in [0.1, 0.15) is 11.6 Å². The van der Waals surface area contributed by atoms with Crippen molar-refractivity contribution in [2.24, 2.45) is 5.73 Å². The molecular weight excluding hydrogens is 353 g/mol. The Bertz CT molecular complexity index is 973. The van der Waals surface area contributed by atoms with Crippen molar-refractivity contribution in [2.75, 3.05) is 6.54 Å². The summed E-state index contributed by atoms with van der Waals surface area (Å²) < 4.78 is 68.0. The van der Waals surface area contributed by atoms with Gasteiger partial charge in [0.2, 0.25) is 0 Å². The van der Waals surface area contributed by atoms with Crippen molar-refractivity contribution in [3.63, 3.8) is 0 Å². The highest BCUT2D eigenvalue weighted by Gasteiger charge is 2.30. The van der Waals surface area contributed by atoms with Crippen molar-refractivity contribution in [3.8, 4) is 11.1 Å². The van der Waals surface area contributed by atoms with Gasteiger partial charge < -0.3 is 10.3 Å². The molecule has 8 heteroatoms. The van der Waals surface area contributed by atoms with Crippen LogP contribution >= 0.6 is 0 Å². The molecule has 0 spiro atoms. The van der Waals surface area contributed by atoms with E-state index in [1.165, 1.54) is 29.1 Å². The highest BCUT2D eigenvalue weighted by molar-refractivity contribution is 5.92. The zero-order chi connectivity index (χ0) is 18.9. The van der Waals surface area contributed by atoms with E-state index in [4.69, 9.17) is 5.73 Å². The van der Waals surface area contributed by atoms with Gasteiger partial charge in [-0.2, -0.15) is 13.2 Å². The summed E-state index contributed by atoms with van der Waals surface area (Å²) in [7, 11) is 0. The van der Waals surface area contributed by atoms with E-state index in [9.17, 15) is 22.0 Å². The largest absolute Gasteiger partial charge is 0.416 e. The maximum atomic E-state index is 14.1. The lowest BCUT2D eigenvalue weighted by Gasteiger charge is -2.10. The van der Waals surface area contributed by atoms with Gasteiger partial charge in [-0.1, -0.05) is 12.1 Å². The summed E-state index contributed by atoms with van der Waals surface area (Å²) in [5.74, 6) is -1.17. The molecule has 0 aliphatic rings. The van der Waals surface area contributed by atoms with Gasteiger partial charge in [-0.25, -0.2) is 13.8 Å². The number of nitrogens with zero attached hydrogens (tertiary/aromatic N) is 2. The van der Waals surface area contributed by atoms with E-state index in [2.05, 4.69) is 4.98 Å². The minimum Gasteiger partial charge on any atom is -0.327 e. The summed E-state index contributed by atoms with van der Waals surface area (Å²) in [5, 5.41) is 0. The number of rotatable bonds is 4. The smallest absolute Gasteiger partial charge is 0.327 e. The Morgan fingerprint density at radius 3 is 2.65 bits per heavy atom. The number of alkyl halides is 3. The standard InChI is InChI=1S/C18H14F5N3/c19-13(4-5-24)9-26-10-25-17-15(7-14(20)8-16(17)26)11-2-1-3-12(6-11)18(21,22)23/h1-4,6-8,10H,5,9,24H2/b13-4-. The molecule has 136 valence electrons. The average Bonchev–Trinajstić information content (AvgIpc) is 2.96. The number of hydrogen-bond acceptors (Lipinski definition) is 2. The van der Waals surface area contributed by atoms with Crippen molar-refractivity contribution in [1.82, 2.24) is 9.55 Å². The second kappa shape index (κ2) is 6.87. The summed E-state index contributed by atoms with van der Waals surface area (Å²) in [4.78, 5) is 4.13. The molecule has 0 atom stereocenters. The molecule has 3 rings (SSSR count). The van der Waals surface area contributed by atoms with Crippen LogP contribution in [0.15, 0.2) is 54.6 Å². The number of imidazole rings is 1. The Morgan fingerprint density at radius 2 is 1.96 bits per heavy atom. The molecule has 0 aliphatic heterocycles. The monoisotopic (exact) mass is 367 g/mol. The molecule has 0 saturated carbocycles. The minimum absolute atomic E-state index is 0.0162. The van der Waals surface area contributed by atoms with Crippen LogP contribution in [0.3, 0.4) is 0 Å². The molecule has 3 aromatic rings. The summed E-state index contributed by atoms with van der Waals surface area (Å²) in [5.41, 5.74) is 5.34. The maximum Gasteiger partial charge on any atom is 0.416 e. The predicted octanol–water partition coefficient (Wildman–Crippen LogP) is 4.67. The number of allylic oxidation sites excluding steroid dienone is 1. The van der Waals surface area contributed by atoms with Crippen LogP contribution in [0.4, 0.5) is 22.0 Å². The summed E-state index contributed by atoms with van der Waals surface area (Å²) in [6, 6.07) is 6.83. The Kier molecular flexibility index (Phi) is 4.78. The molecule has 2 aromatic carbocycles. The van der Waals surface area contributed by atoms with E-state index in [1.54, 1.807) is 0 Å². The lowest BCUT2D eigenvalue weighted by molar-refractivity contribution is -0.137. The van der Waals surface area contributed by atoms with Crippen molar-refractivity contribution >= 4 is 11.0 Å². The zero-order valence-corrected chi connectivity index (χ0v) is 13.4. The summed E-state index contributed by atoms with van der Waals surface area (Å²) >= 11 is 0. The van der Waals surface area contributed by atoms with Gasteiger partial charge in [0, 0.05) is 12.1 Å². The quantitative estimate of drug-likeness (QED) is 0.681. The Hall–Kier alpha value is -2.74. The summed E-state index contributed by atoms with van der Waals surface area (Å²) in [6.07, 6.45) is -2.03. The average molecular weight is 367 g/mol. The van der Waals surface area contributed by atoms with Gasteiger partial charge in [-0.3, -0.25) is 0 Å². The normalized spacial score (nSPS) is 12.8. The first-order valence-corrected chi connectivity index (χ1v) is 7.66. The van der Waals surface area contributed by atoms with Gasteiger partial charge in [0.15, 0.2) is 0 Å².